The topological polar surface area (TPSA) is 41.5 Å². The second-order valence-electron chi connectivity index (χ2n) is 3.92. The van der Waals surface area contributed by atoms with Gasteiger partial charge in [0.15, 0.2) is 0 Å². The molecule has 0 saturated carbocycles. The van der Waals surface area contributed by atoms with Crippen molar-refractivity contribution in [2.24, 2.45) is 0 Å². The highest BCUT2D eigenvalue weighted by Crippen LogP contribution is 2.16. The van der Waals surface area contributed by atoms with Crippen molar-refractivity contribution in [3.8, 4) is 5.75 Å². The molecule has 0 aliphatic carbocycles. The number of hydrogen-bond donors (Lipinski definition) is 2. The van der Waals surface area contributed by atoms with Gasteiger partial charge in [0.25, 0.3) is 0 Å². The average Bonchev–Trinajstić information content (AvgIpc) is 2.38. The minimum Gasteiger partial charge on any atom is -0.497 e. The highest BCUT2D eigenvalue weighted by Gasteiger charge is 2.06. The van der Waals surface area contributed by atoms with Crippen molar-refractivity contribution in [2.75, 3.05) is 20.2 Å². The lowest BCUT2D eigenvalue weighted by molar-refractivity contribution is 0.175. The number of allylic oxidation sites excluding steroid dienone is 1. The summed E-state index contributed by atoms with van der Waals surface area (Å²) in [7, 11) is 1.63. The third-order valence-corrected chi connectivity index (χ3v) is 2.60. The van der Waals surface area contributed by atoms with Crippen LogP contribution in [0.5, 0.6) is 5.75 Å². The fraction of sp³-hybridized carbons (Fsp3) is 0.429. The molecule has 17 heavy (non-hydrogen) atoms. The highest BCUT2D eigenvalue weighted by atomic mass is 16.5. The summed E-state index contributed by atoms with van der Waals surface area (Å²) in [6.45, 7) is 5.14. The smallest absolute Gasteiger partial charge is 0.118 e. The maximum Gasteiger partial charge on any atom is 0.118 e. The summed E-state index contributed by atoms with van der Waals surface area (Å²) in [5.41, 5.74) is 0.905. The summed E-state index contributed by atoms with van der Waals surface area (Å²) in [4.78, 5) is 0. The molecule has 0 amide bonds. The Kier molecular flexibility index (Phi) is 6.37. The molecule has 2 N–H and O–H groups in total. The van der Waals surface area contributed by atoms with Crippen LogP contribution in [0.25, 0.3) is 0 Å². The van der Waals surface area contributed by atoms with Crippen LogP contribution in [0.15, 0.2) is 36.9 Å². The van der Waals surface area contributed by atoms with Gasteiger partial charge in [0.1, 0.15) is 5.75 Å². The number of ether oxygens (including phenoxy) is 1. The molecule has 0 aliphatic heterocycles. The number of aliphatic hydroxyl groups excluding tert-OH is 1. The van der Waals surface area contributed by atoms with Gasteiger partial charge in [-0.25, -0.2) is 0 Å². The SMILES string of the molecule is C=CCCCNCC(O)c1ccc(OC)cc1. The van der Waals surface area contributed by atoms with Gasteiger partial charge in [0, 0.05) is 6.54 Å². The van der Waals surface area contributed by atoms with E-state index in [9.17, 15) is 5.11 Å². The van der Waals surface area contributed by atoms with E-state index in [1.54, 1.807) is 7.11 Å². The van der Waals surface area contributed by atoms with E-state index in [-0.39, 0.29) is 0 Å². The maximum absolute atomic E-state index is 9.92. The van der Waals surface area contributed by atoms with Crippen molar-refractivity contribution in [3.63, 3.8) is 0 Å². The van der Waals surface area contributed by atoms with Crippen molar-refractivity contribution in [1.82, 2.24) is 5.32 Å². The molecular weight excluding hydrogens is 214 g/mol. The molecule has 0 fully saturated rings. The molecule has 0 aliphatic rings. The molecule has 0 heterocycles. The summed E-state index contributed by atoms with van der Waals surface area (Å²) in [5, 5.41) is 13.1. The molecule has 3 heteroatoms. The van der Waals surface area contributed by atoms with Crippen LogP contribution in [-0.4, -0.2) is 25.3 Å². The van der Waals surface area contributed by atoms with E-state index in [0.717, 1.165) is 30.7 Å². The maximum atomic E-state index is 9.92. The van der Waals surface area contributed by atoms with E-state index < -0.39 is 6.10 Å². The molecule has 1 unspecified atom stereocenters. The fourth-order valence-corrected chi connectivity index (χ4v) is 1.55. The standard InChI is InChI=1S/C14H21NO2/c1-3-4-5-10-15-11-14(16)12-6-8-13(17-2)9-7-12/h3,6-9,14-16H,1,4-5,10-11H2,2H3. The van der Waals surface area contributed by atoms with Crippen LogP contribution in [-0.2, 0) is 0 Å². The lowest BCUT2D eigenvalue weighted by Crippen LogP contribution is -2.22. The summed E-state index contributed by atoms with van der Waals surface area (Å²) in [5.74, 6) is 0.805. The van der Waals surface area contributed by atoms with Crippen molar-refractivity contribution < 1.29 is 9.84 Å². The van der Waals surface area contributed by atoms with E-state index in [1.165, 1.54) is 0 Å². The zero-order chi connectivity index (χ0) is 12.5. The number of unbranched alkanes of at least 4 members (excludes halogenated alkanes) is 1. The Morgan fingerprint density at radius 3 is 2.71 bits per heavy atom. The molecule has 0 aromatic heterocycles. The van der Waals surface area contributed by atoms with Gasteiger partial charge in [0.2, 0.25) is 0 Å². The third-order valence-electron chi connectivity index (χ3n) is 2.60. The monoisotopic (exact) mass is 235 g/mol. The Labute approximate surface area is 103 Å². The van der Waals surface area contributed by atoms with Crippen LogP contribution in [0.2, 0.25) is 0 Å². The van der Waals surface area contributed by atoms with Gasteiger partial charge < -0.3 is 15.2 Å². The first-order chi connectivity index (χ1) is 8.27. The highest BCUT2D eigenvalue weighted by molar-refractivity contribution is 5.28. The van der Waals surface area contributed by atoms with Gasteiger partial charge in [-0.15, -0.1) is 6.58 Å². The quantitative estimate of drug-likeness (QED) is 0.536. The Bertz CT molecular complexity index is 321. The molecule has 3 nitrogen and oxygen atoms in total. The molecule has 1 atom stereocenters. The molecule has 1 aromatic carbocycles. The Balaban J connectivity index is 2.30. The zero-order valence-electron chi connectivity index (χ0n) is 10.4. The number of rotatable bonds is 8. The number of nitrogens with one attached hydrogen (secondary N) is 1. The molecule has 1 aromatic rings. The first-order valence-corrected chi connectivity index (χ1v) is 5.91. The van der Waals surface area contributed by atoms with E-state index in [1.807, 2.05) is 30.3 Å². The van der Waals surface area contributed by atoms with E-state index in [0.29, 0.717) is 6.54 Å². The Hall–Kier alpha value is -1.32. The molecular formula is C14H21NO2. The Morgan fingerprint density at radius 1 is 1.41 bits per heavy atom. The van der Waals surface area contributed by atoms with E-state index >= 15 is 0 Å². The first-order valence-electron chi connectivity index (χ1n) is 5.91. The average molecular weight is 235 g/mol. The number of hydrogen-bond acceptors (Lipinski definition) is 3. The largest absolute Gasteiger partial charge is 0.497 e. The van der Waals surface area contributed by atoms with Crippen LogP contribution < -0.4 is 10.1 Å². The minimum atomic E-state index is -0.468. The van der Waals surface area contributed by atoms with Crippen LogP contribution in [0.3, 0.4) is 0 Å². The van der Waals surface area contributed by atoms with Crippen LogP contribution in [0, 0.1) is 0 Å². The van der Waals surface area contributed by atoms with Crippen LogP contribution in [0.4, 0.5) is 0 Å². The summed E-state index contributed by atoms with van der Waals surface area (Å²) in [6, 6.07) is 7.48. The van der Waals surface area contributed by atoms with Gasteiger partial charge >= 0.3 is 0 Å². The zero-order valence-corrected chi connectivity index (χ0v) is 10.4. The van der Waals surface area contributed by atoms with Crippen molar-refractivity contribution in [3.05, 3.63) is 42.5 Å². The predicted molar refractivity (Wildman–Crippen MR) is 70.3 cm³/mol. The molecule has 94 valence electrons. The van der Waals surface area contributed by atoms with Crippen LogP contribution >= 0.6 is 0 Å². The number of benzene rings is 1. The Morgan fingerprint density at radius 2 is 2.12 bits per heavy atom. The van der Waals surface area contributed by atoms with Gasteiger partial charge in [-0.05, 0) is 37.1 Å². The first kappa shape index (κ1) is 13.7. The summed E-state index contributed by atoms with van der Waals surface area (Å²) >= 11 is 0. The van der Waals surface area contributed by atoms with Gasteiger partial charge in [0.05, 0.1) is 13.2 Å². The second kappa shape index (κ2) is 7.87. The van der Waals surface area contributed by atoms with E-state index in [2.05, 4.69) is 11.9 Å². The van der Waals surface area contributed by atoms with Crippen molar-refractivity contribution in [1.29, 1.82) is 0 Å². The minimum absolute atomic E-state index is 0.468. The summed E-state index contributed by atoms with van der Waals surface area (Å²) in [6.07, 6.45) is 3.50. The predicted octanol–water partition coefficient (Wildman–Crippen LogP) is 2.28. The molecule has 0 bridgehead atoms. The molecule has 0 spiro atoms. The number of aliphatic hydroxyl groups is 1. The van der Waals surface area contributed by atoms with Gasteiger partial charge in [-0.1, -0.05) is 18.2 Å². The number of methoxy groups -OCH3 is 1. The van der Waals surface area contributed by atoms with Gasteiger partial charge in [-0.3, -0.25) is 0 Å². The van der Waals surface area contributed by atoms with Crippen molar-refractivity contribution >= 4 is 0 Å². The van der Waals surface area contributed by atoms with Crippen LogP contribution in [0.1, 0.15) is 24.5 Å². The summed E-state index contributed by atoms with van der Waals surface area (Å²) < 4.78 is 5.07. The molecule has 0 saturated heterocycles. The normalized spacial score (nSPS) is 12.1. The third kappa shape index (κ3) is 5.02. The van der Waals surface area contributed by atoms with E-state index in [4.69, 9.17) is 4.74 Å². The fourth-order valence-electron chi connectivity index (χ4n) is 1.55. The molecule has 0 radical (unpaired) electrons. The second-order valence-corrected chi connectivity index (χ2v) is 3.92. The van der Waals surface area contributed by atoms with Crippen molar-refractivity contribution in [2.45, 2.75) is 18.9 Å². The lowest BCUT2D eigenvalue weighted by Gasteiger charge is -2.12. The van der Waals surface area contributed by atoms with Gasteiger partial charge in [-0.2, -0.15) is 0 Å². The molecule has 1 rings (SSSR count). The lowest BCUT2D eigenvalue weighted by atomic mass is 10.1.